The lowest BCUT2D eigenvalue weighted by atomic mass is 10.1. The number of amides is 2. The maximum atomic E-state index is 11.9. The Labute approximate surface area is 115 Å². The second-order valence-electron chi connectivity index (χ2n) is 3.95. The summed E-state index contributed by atoms with van der Waals surface area (Å²) in [5.41, 5.74) is 1.49. The molecule has 1 aliphatic heterocycles. The summed E-state index contributed by atoms with van der Waals surface area (Å²) < 4.78 is 0. The van der Waals surface area contributed by atoms with Crippen LogP contribution in [-0.4, -0.2) is 11.8 Å². The van der Waals surface area contributed by atoms with Crippen LogP contribution < -0.4 is 4.90 Å². The lowest BCUT2D eigenvalue weighted by Gasteiger charge is -2.18. The highest BCUT2D eigenvalue weighted by Crippen LogP contribution is 2.33. The smallest absolute Gasteiger partial charge is 0.267 e. The van der Waals surface area contributed by atoms with Crippen LogP contribution in [0.1, 0.15) is 18.9 Å². The first-order valence-corrected chi connectivity index (χ1v) is 6.35. The number of aryl methyl sites for hydroxylation is 1. The summed E-state index contributed by atoms with van der Waals surface area (Å²) in [4.78, 5) is 24.9. The zero-order valence-corrected chi connectivity index (χ0v) is 11.3. The van der Waals surface area contributed by atoms with Gasteiger partial charge in [-0.25, -0.2) is 4.90 Å². The molecule has 0 atom stereocenters. The van der Waals surface area contributed by atoms with Gasteiger partial charge < -0.3 is 0 Å². The third kappa shape index (κ3) is 2.04. The molecule has 18 heavy (non-hydrogen) atoms. The van der Waals surface area contributed by atoms with Gasteiger partial charge in [0.1, 0.15) is 10.1 Å². The summed E-state index contributed by atoms with van der Waals surface area (Å²) in [6.45, 7) is 2.03. The van der Waals surface area contributed by atoms with E-state index < -0.39 is 11.8 Å². The molecule has 0 N–H and O–H groups in total. The van der Waals surface area contributed by atoms with Crippen LogP contribution in [0.3, 0.4) is 0 Å². The van der Waals surface area contributed by atoms with Crippen LogP contribution in [0, 0.1) is 0 Å². The van der Waals surface area contributed by atoms with E-state index in [1.54, 1.807) is 12.1 Å². The average molecular weight is 284 g/mol. The maximum absolute atomic E-state index is 11.9. The van der Waals surface area contributed by atoms with Gasteiger partial charge in [-0.05, 0) is 18.1 Å². The van der Waals surface area contributed by atoms with Crippen molar-refractivity contribution in [3.05, 3.63) is 39.9 Å². The average Bonchev–Trinajstić information content (AvgIpc) is 2.56. The summed E-state index contributed by atoms with van der Waals surface area (Å²) in [7, 11) is 0. The van der Waals surface area contributed by atoms with E-state index in [1.807, 2.05) is 19.1 Å². The van der Waals surface area contributed by atoms with E-state index in [2.05, 4.69) is 0 Å². The topological polar surface area (TPSA) is 37.4 Å². The maximum Gasteiger partial charge on any atom is 0.278 e. The molecule has 0 saturated carbocycles. The third-order valence-electron chi connectivity index (χ3n) is 2.73. The van der Waals surface area contributed by atoms with Gasteiger partial charge in [-0.1, -0.05) is 54.7 Å². The van der Waals surface area contributed by atoms with E-state index in [0.717, 1.165) is 23.3 Å². The third-order valence-corrected chi connectivity index (χ3v) is 3.52. The number of carbonyl (C=O) groups excluding carboxylic acids is 2. The van der Waals surface area contributed by atoms with Crippen molar-refractivity contribution in [1.82, 2.24) is 0 Å². The second-order valence-corrected chi connectivity index (χ2v) is 4.71. The number of anilines is 1. The first-order valence-electron chi connectivity index (χ1n) is 5.60. The number of hydrogen-bond donors (Lipinski definition) is 0. The van der Waals surface area contributed by atoms with Gasteiger partial charge in [-0.15, -0.1) is 0 Å². The van der Waals surface area contributed by atoms with E-state index >= 15 is 0 Å². The molecule has 0 saturated heterocycles. The number of imide groups is 1. The molecule has 1 aromatic carbocycles. The molecule has 5 heteroatoms. The van der Waals surface area contributed by atoms with E-state index in [1.165, 1.54) is 0 Å². The normalized spacial score (nSPS) is 15.8. The van der Waals surface area contributed by atoms with E-state index in [4.69, 9.17) is 23.2 Å². The van der Waals surface area contributed by atoms with E-state index in [-0.39, 0.29) is 10.1 Å². The van der Waals surface area contributed by atoms with Crippen LogP contribution in [0.15, 0.2) is 34.3 Å². The fourth-order valence-corrected chi connectivity index (χ4v) is 2.24. The fourth-order valence-electron chi connectivity index (χ4n) is 1.90. The summed E-state index contributed by atoms with van der Waals surface area (Å²) in [6.07, 6.45) is 1.70. The van der Waals surface area contributed by atoms with Crippen molar-refractivity contribution in [3.8, 4) is 0 Å². The number of hydrogen-bond acceptors (Lipinski definition) is 2. The van der Waals surface area contributed by atoms with Crippen molar-refractivity contribution in [2.24, 2.45) is 0 Å². The number of carbonyl (C=O) groups is 2. The molecule has 1 heterocycles. The van der Waals surface area contributed by atoms with Gasteiger partial charge in [0, 0.05) is 0 Å². The zero-order chi connectivity index (χ0) is 13.3. The molecule has 2 rings (SSSR count). The van der Waals surface area contributed by atoms with Gasteiger partial charge in [0.05, 0.1) is 5.69 Å². The number of benzene rings is 1. The molecule has 94 valence electrons. The second kappa shape index (κ2) is 5.12. The van der Waals surface area contributed by atoms with Crippen molar-refractivity contribution in [1.29, 1.82) is 0 Å². The Morgan fingerprint density at radius 3 is 2.17 bits per heavy atom. The van der Waals surface area contributed by atoms with Crippen molar-refractivity contribution >= 4 is 40.7 Å². The molecular weight excluding hydrogens is 273 g/mol. The minimum absolute atomic E-state index is 0.215. The van der Waals surface area contributed by atoms with Crippen molar-refractivity contribution in [3.63, 3.8) is 0 Å². The van der Waals surface area contributed by atoms with Gasteiger partial charge in [-0.3, -0.25) is 9.59 Å². The standard InChI is InChI=1S/C13H11Cl2NO2/c1-2-5-8-6-3-4-7-9(8)16-12(17)10(14)11(15)13(16)18/h3-4,6-7H,2,5H2,1H3. The van der Waals surface area contributed by atoms with Crippen LogP contribution in [-0.2, 0) is 16.0 Å². The zero-order valence-electron chi connectivity index (χ0n) is 9.74. The molecule has 1 aromatic rings. The van der Waals surface area contributed by atoms with Crippen LogP contribution in [0.2, 0.25) is 0 Å². The van der Waals surface area contributed by atoms with Gasteiger partial charge in [0.2, 0.25) is 0 Å². The lowest BCUT2D eigenvalue weighted by Crippen LogP contribution is -2.31. The van der Waals surface area contributed by atoms with Gasteiger partial charge in [0.25, 0.3) is 11.8 Å². The molecule has 1 aliphatic rings. The largest absolute Gasteiger partial charge is 0.278 e. The molecule has 3 nitrogen and oxygen atoms in total. The van der Waals surface area contributed by atoms with Crippen molar-refractivity contribution in [2.45, 2.75) is 19.8 Å². The van der Waals surface area contributed by atoms with Crippen LogP contribution in [0.4, 0.5) is 5.69 Å². The summed E-state index contributed by atoms with van der Waals surface area (Å²) in [5, 5.41) is -0.430. The van der Waals surface area contributed by atoms with Crippen molar-refractivity contribution in [2.75, 3.05) is 4.90 Å². The van der Waals surface area contributed by atoms with Crippen LogP contribution >= 0.6 is 23.2 Å². The molecule has 0 bridgehead atoms. The summed E-state index contributed by atoms with van der Waals surface area (Å²) in [6, 6.07) is 7.26. The summed E-state index contributed by atoms with van der Waals surface area (Å²) in [5.74, 6) is -1.12. The SMILES string of the molecule is CCCc1ccccc1N1C(=O)C(Cl)=C(Cl)C1=O. The fraction of sp³-hybridized carbons (Fsp3) is 0.231. The lowest BCUT2D eigenvalue weighted by molar-refractivity contribution is -0.120. The molecule has 0 unspecified atom stereocenters. The van der Waals surface area contributed by atoms with Gasteiger partial charge in [-0.2, -0.15) is 0 Å². The highest BCUT2D eigenvalue weighted by atomic mass is 35.5. The minimum Gasteiger partial charge on any atom is -0.267 e. The molecule has 0 fully saturated rings. The minimum atomic E-state index is -0.560. The highest BCUT2D eigenvalue weighted by molar-refractivity contribution is 6.62. The summed E-state index contributed by atoms with van der Waals surface area (Å²) >= 11 is 11.4. The monoisotopic (exact) mass is 283 g/mol. The number of halogens is 2. The molecule has 0 aromatic heterocycles. The van der Waals surface area contributed by atoms with Crippen molar-refractivity contribution < 1.29 is 9.59 Å². The van der Waals surface area contributed by atoms with Crippen LogP contribution in [0.25, 0.3) is 0 Å². The van der Waals surface area contributed by atoms with E-state index in [0.29, 0.717) is 5.69 Å². The Kier molecular flexibility index (Phi) is 3.73. The van der Waals surface area contributed by atoms with Gasteiger partial charge in [0.15, 0.2) is 0 Å². The predicted molar refractivity (Wildman–Crippen MR) is 71.7 cm³/mol. The first kappa shape index (κ1) is 13.1. The van der Waals surface area contributed by atoms with Gasteiger partial charge >= 0.3 is 0 Å². The highest BCUT2D eigenvalue weighted by Gasteiger charge is 2.38. The Morgan fingerprint density at radius 1 is 1.06 bits per heavy atom. The molecule has 0 radical (unpaired) electrons. The quantitative estimate of drug-likeness (QED) is 0.799. The predicted octanol–water partition coefficient (Wildman–Crippen LogP) is 3.20. The Balaban J connectivity index is 2.46. The first-order chi connectivity index (χ1) is 8.57. The van der Waals surface area contributed by atoms with E-state index in [9.17, 15) is 9.59 Å². The Bertz CT molecular complexity index is 528. The molecule has 0 aliphatic carbocycles. The number of nitrogens with zero attached hydrogens (tertiary/aromatic N) is 1. The Morgan fingerprint density at radius 2 is 1.61 bits per heavy atom. The number of para-hydroxylation sites is 1. The van der Waals surface area contributed by atoms with Crippen LogP contribution in [0.5, 0.6) is 0 Å². The molecule has 0 spiro atoms. The molecule has 2 amide bonds. The number of rotatable bonds is 3. The Hall–Kier alpha value is -1.32. The molecular formula is C13H11Cl2NO2.